The predicted octanol–water partition coefficient (Wildman–Crippen LogP) is 1.16. The molecule has 0 aliphatic carbocycles. The van der Waals surface area contributed by atoms with Crippen LogP contribution in [0.2, 0.25) is 0 Å². The molecule has 1 aromatic carbocycles. The number of carboxylic acids is 1. The number of methoxy groups -OCH3 is 1. The molecule has 0 fully saturated rings. The van der Waals surface area contributed by atoms with E-state index in [9.17, 15) is 18.0 Å². The van der Waals surface area contributed by atoms with Crippen molar-refractivity contribution in [1.82, 2.24) is 4.72 Å². The molecule has 0 heterocycles. The molecular weight excluding hydrogens is 344 g/mol. The van der Waals surface area contributed by atoms with Crippen LogP contribution in [0.5, 0.6) is 0 Å². The van der Waals surface area contributed by atoms with Crippen molar-refractivity contribution < 1.29 is 27.9 Å². The SMILES string of the molecule is COC(=O)NS(=O)(=O)Nc1ccc(Br)c(C(=O)O)c1. The van der Waals surface area contributed by atoms with Crippen LogP contribution < -0.4 is 9.44 Å². The number of nitrogens with one attached hydrogen (secondary N) is 2. The van der Waals surface area contributed by atoms with Gasteiger partial charge in [-0.15, -0.1) is 0 Å². The Morgan fingerprint density at radius 1 is 1.37 bits per heavy atom. The molecule has 1 amide bonds. The molecule has 104 valence electrons. The minimum atomic E-state index is -4.18. The van der Waals surface area contributed by atoms with Crippen LogP contribution in [0.3, 0.4) is 0 Å². The molecule has 0 bridgehead atoms. The van der Waals surface area contributed by atoms with Gasteiger partial charge in [-0.3, -0.25) is 4.72 Å². The summed E-state index contributed by atoms with van der Waals surface area (Å²) in [6.45, 7) is 0. The molecule has 3 N–H and O–H groups in total. The molecule has 0 saturated carbocycles. The van der Waals surface area contributed by atoms with Crippen molar-refractivity contribution in [3.63, 3.8) is 0 Å². The fourth-order valence-corrected chi connectivity index (χ4v) is 2.29. The van der Waals surface area contributed by atoms with Gasteiger partial charge in [0.2, 0.25) is 0 Å². The minimum Gasteiger partial charge on any atom is -0.478 e. The third-order valence-corrected chi connectivity index (χ3v) is 3.48. The average molecular weight is 353 g/mol. The van der Waals surface area contributed by atoms with E-state index < -0.39 is 22.3 Å². The van der Waals surface area contributed by atoms with Crippen molar-refractivity contribution in [1.29, 1.82) is 0 Å². The summed E-state index contributed by atoms with van der Waals surface area (Å²) in [5.41, 5.74) is -0.143. The Morgan fingerprint density at radius 2 is 2.00 bits per heavy atom. The first kappa shape index (κ1) is 15.2. The van der Waals surface area contributed by atoms with Crippen LogP contribution in [0.25, 0.3) is 0 Å². The van der Waals surface area contributed by atoms with Gasteiger partial charge in [0.15, 0.2) is 0 Å². The fraction of sp³-hybridized carbons (Fsp3) is 0.111. The lowest BCUT2D eigenvalue weighted by atomic mass is 10.2. The maximum atomic E-state index is 11.5. The van der Waals surface area contributed by atoms with E-state index in [0.29, 0.717) is 4.47 Å². The number of carbonyl (C=O) groups excluding carboxylic acids is 1. The normalized spacial score (nSPS) is 10.6. The molecular formula is C9H9BrN2O6S. The third-order valence-electron chi connectivity index (χ3n) is 1.85. The lowest BCUT2D eigenvalue weighted by molar-refractivity contribution is 0.0696. The molecule has 0 aliphatic heterocycles. The van der Waals surface area contributed by atoms with Gasteiger partial charge in [0.05, 0.1) is 18.4 Å². The minimum absolute atomic E-state index is 0.0167. The summed E-state index contributed by atoms with van der Waals surface area (Å²) in [4.78, 5) is 21.7. The lowest BCUT2D eigenvalue weighted by Crippen LogP contribution is -2.35. The second kappa shape index (κ2) is 5.89. The third kappa shape index (κ3) is 4.41. The van der Waals surface area contributed by atoms with Crippen LogP contribution in [0, 0.1) is 0 Å². The number of benzene rings is 1. The smallest absolute Gasteiger partial charge is 0.422 e. The number of carboxylic acid groups (broad SMARTS) is 1. The Kier molecular flexibility index (Phi) is 4.72. The topological polar surface area (TPSA) is 122 Å². The largest absolute Gasteiger partial charge is 0.478 e. The Bertz CT molecular complexity index is 615. The van der Waals surface area contributed by atoms with E-state index in [2.05, 4.69) is 20.7 Å². The molecule has 0 atom stereocenters. The molecule has 0 saturated heterocycles. The second-order valence-electron chi connectivity index (χ2n) is 3.20. The molecule has 0 aliphatic rings. The van der Waals surface area contributed by atoms with Gasteiger partial charge in [0, 0.05) is 4.47 Å². The highest BCUT2D eigenvalue weighted by Crippen LogP contribution is 2.21. The molecule has 1 aromatic rings. The van der Waals surface area contributed by atoms with Crippen molar-refractivity contribution >= 4 is 43.9 Å². The number of ether oxygens (including phenoxy) is 1. The fourth-order valence-electron chi connectivity index (χ4n) is 1.08. The highest BCUT2D eigenvalue weighted by atomic mass is 79.9. The maximum absolute atomic E-state index is 11.5. The van der Waals surface area contributed by atoms with Crippen LogP contribution >= 0.6 is 15.9 Å². The van der Waals surface area contributed by atoms with E-state index in [1.807, 2.05) is 4.72 Å². The number of carbonyl (C=O) groups is 2. The average Bonchev–Trinajstić information content (AvgIpc) is 2.30. The van der Waals surface area contributed by atoms with E-state index in [1.54, 1.807) is 4.72 Å². The number of anilines is 1. The summed E-state index contributed by atoms with van der Waals surface area (Å²) < 4.78 is 30.9. The Labute approximate surface area is 117 Å². The van der Waals surface area contributed by atoms with Gasteiger partial charge >= 0.3 is 22.3 Å². The van der Waals surface area contributed by atoms with E-state index in [1.165, 1.54) is 12.1 Å². The molecule has 0 spiro atoms. The Morgan fingerprint density at radius 3 is 2.53 bits per heavy atom. The summed E-state index contributed by atoms with van der Waals surface area (Å²) in [6, 6.07) is 3.79. The van der Waals surface area contributed by atoms with Gasteiger partial charge in [-0.2, -0.15) is 8.42 Å². The Balaban J connectivity index is 2.97. The summed E-state index contributed by atoms with van der Waals surface area (Å²) in [7, 11) is -3.18. The summed E-state index contributed by atoms with van der Waals surface area (Å²) in [5, 5.41) is 8.87. The van der Waals surface area contributed by atoms with Gasteiger partial charge in [0.25, 0.3) is 0 Å². The van der Waals surface area contributed by atoms with Gasteiger partial charge < -0.3 is 9.84 Å². The zero-order valence-electron chi connectivity index (χ0n) is 9.51. The number of halogens is 1. The van der Waals surface area contributed by atoms with Crippen molar-refractivity contribution in [2.24, 2.45) is 0 Å². The van der Waals surface area contributed by atoms with Crippen LogP contribution in [0.4, 0.5) is 10.5 Å². The predicted molar refractivity (Wildman–Crippen MR) is 69.2 cm³/mol. The number of hydrogen-bond acceptors (Lipinski definition) is 5. The standard InChI is InChI=1S/C9H9BrN2O6S/c1-18-9(15)12-19(16,17)11-5-2-3-7(10)6(4-5)8(13)14/h2-4,11H,1H3,(H,12,15)(H,13,14). The maximum Gasteiger partial charge on any atom is 0.422 e. The molecule has 0 radical (unpaired) electrons. The molecule has 1 rings (SSSR count). The number of rotatable bonds is 4. The quantitative estimate of drug-likeness (QED) is 0.747. The van der Waals surface area contributed by atoms with Gasteiger partial charge in [0.1, 0.15) is 0 Å². The van der Waals surface area contributed by atoms with Crippen LogP contribution in [0.1, 0.15) is 10.4 Å². The zero-order chi connectivity index (χ0) is 14.6. The van der Waals surface area contributed by atoms with Crippen LogP contribution in [0.15, 0.2) is 22.7 Å². The van der Waals surface area contributed by atoms with Gasteiger partial charge in [-0.25, -0.2) is 14.3 Å². The van der Waals surface area contributed by atoms with Gasteiger partial charge in [-0.1, -0.05) is 0 Å². The van der Waals surface area contributed by atoms with Gasteiger partial charge in [-0.05, 0) is 34.1 Å². The van der Waals surface area contributed by atoms with E-state index in [0.717, 1.165) is 13.2 Å². The highest BCUT2D eigenvalue weighted by molar-refractivity contribution is 9.10. The number of hydrogen-bond donors (Lipinski definition) is 3. The van der Waals surface area contributed by atoms with Crippen LogP contribution in [-0.2, 0) is 14.9 Å². The first-order chi connectivity index (χ1) is 8.75. The monoisotopic (exact) mass is 352 g/mol. The van der Waals surface area contributed by atoms with E-state index in [-0.39, 0.29) is 11.3 Å². The summed E-state index contributed by atoms with van der Waals surface area (Å²) in [6.07, 6.45) is -1.16. The lowest BCUT2D eigenvalue weighted by Gasteiger charge is -2.09. The summed E-state index contributed by atoms with van der Waals surface area (Å²) in [5.74, 6) is -1.23. The molecule has 10 heteroatoms. The second-order valence-corrected chi connectivity index (χ2v) is 5.47. The summed E-state index contributed by atoms with van der Waals surface area (Å²) >= 11 is 3.01. The highest BCUT2D eigenvalue weighted by Gasteiger charge is 2.16. The first-order valence-electron chi connectivity index (χ1n) is 4.66. The van der Waals surface area contributed by atoms with Crippen molar-refractivity contribution in [3.8, 4) is 0 Å². The molecule has 0 unspecified atom stereocenters. The van der Waals surface area contributed by atoms with E-state index >= 15 is 0 Å². The van der Waals surface area contributed by atoms with E-state index in [4.69, 9.17) is 5.11 Å². The first-order valence-corrected chi connectivity index (χ1v) is 6.94. The molecule has 8 nitrogen and oxygen atoms in total. The van der Waals surface area contributed by atoms with Crippen molar-refractivity contribution in [2.45, 2.75) is 0 Å². The van der Waals surface area contributed by atoms with Crippen molar-refractivity contribution in [3.05, 3.63) is 28.2 Å². The van der Waals surface area contributed by atoms with Crippen LogP contribution in [-0.4, -0.2) is 32.7 Å². The Hall–Kier alpha value is -1.81. The molecule has 19 heavy (non-hydrogen) atoms. The zero-order valence-corrected chi connectivity index (χ0v) is 11.9. The number of amides is 1. The number of aromatic carboxylic acids is 1. The molecule has 0 aromatic heterocycles. The van der Waals surface area contributed by atoms with Crippen molar-refractivity contribution in [2.75, 3.05) is 11.8 Å².